The van der Waals surface area contributed by atoms with Crippen molar-refractivity contribution in [3.8, 4) is 0 Å². The maximum Gasteiger partial charge on any atom is 0.318 e. The van der Waals surface area contributed by atoms with Crippen molar-refractivity contribution in [2.24, 2.45) is 16.7 Å². The monoisotopic (exact) mass is 236 g/mol. The van der Waals surface area contributed by atoms with Crippen molar-refractivity contribution >= 4 is 11.8 Å². The second kappa shape index (κ2) is 4.47. The Balaban J connectivity index is 3.45. The molecule has 0 spiro atoms. The van der Waals surface area contributed by atoms with E-state index in [-0.39, 0.29) is 11.7 Å². The molecule has 1 rings (SSSR count). The van der Waals surface area contributed by atoms with E-state index in [4.69, 9.17) is 0 Å². The second-order valence-corrected chi connectivity index (χ2v) is 5.28. The van der Waals surface area contributed by atoms with Crippen LogP contribution in [0.15, 0.2) is 24.3 Å². The van der Waals surface area contributed by atoms with E-state index in [1.165, 1.54) is 6.08 Å². The Morgan fingerprint density at radius 2 is 2.00 bits per heavy atom. The van der Waals surface area contributed by atoms with Crippen molar-refractivity contribution in [3.05, 3.63) is 24.3 Å². The maximum absolute atomic E-state index is 12.3. The molecule has 0 aromatic carbocycles. The summed E-state index contributed by atoms with van der Waals surface area (Å²) < 4.78 is 0. The van der Waals surface area contributed by atoms with Gasteiger partial charge in [0.1, 0.15) is 5.41 Å². The summed E-state index contributed by atoms with van der Waals surface area (Å²) in [4.78, 5) is 24.0. The van der Waals surface area contributed by atoms with Crippen LogP contribution in [0.5, 0.6) is 0 Å². The van der Waals surface area contributed by atoms with Crippen LogP contribution in [0.2, 0.25) is 0 Å². The lowest BCUT2D eigenvalue weighted by molar-refractivity contribution is -0.166. The number of carbonyl (C=O) groups is 2. The number of aliphatic carboxylic acids is 1. The fraction of sp³-hybridized carbons (Fsp3) is 0.571. The van der Waals surface area contributed by atoms with Crippen molar-refractivity contribution in [1.29, 1.82) is 0 Å². The molecule has 2 atom stereocenters. The molecule has 3 nitrogen and oxygen atoms in total. The van der Waals surface area contributed by atoms with Gasteiger partial charge in [-0.25, -0.2) is 0 Å². The van der Waals surface area contributed by atoms with Gasteiger partial charge >= 0.3 is 5.97 Å². The summed E-state index contributed by atoms with van der Waals surface area (Å²) in [7, 11) is 0. The molecule has 0 saturated heterocycles. The third-order valence-electron chi connectivity index (χ3n) is 3.85. The standard InChI is InChI=1S/C14H20O3/c1-5-7-11(15)14(12(16)17)10(2)8-6-9-13(14,3)4/h5-8,10H,9H2,1-4H3,(H,16,17)/b7-5+. The maximum atomic E-state index is 12.3. The zero-order valence-corrected chi connectivity index (χ0v) is 10.9. The van der Waals surface area contributed by atoms with E-state index in [0.717, 1.165) is 0 Å². The van der Waals surface area contributed by atoms with Crippen molar-refractivity contribution in [1.82, 2.24) is 0 Å². The Morgan fingerprint density at radius 1 is 1.41 bits per heavy atom. The normalized spacial score (nSPS) is 31.6. The highest BCUT2D eigenvalue weighted by molar-refractivity contribution is 6.10. The number of allylic oxidation sites excluding steroid dienone is 4. The molecule has 0 fully saturated rings. The van der Waals surface area contributed by atoms with Crippen LogP contribution in [0, 0.1) is 16.7 Å². The molecule has 0 radical (unpaired) electrons. The molecule has 17 heavy (non-hydrogen) atoms. The van der Waals surface area contributed by atoms with Crippen LogP contribution in [-0.2, 0) is 9.59 Å². The number of carbonyl (C=O) groups excluding carboxylic acids is 1. The lowest BCUT2D eigenvalue weighted by Gasteiger charge is -2.46. The molecule has 0 aromatic heterocycles. The average Bonchev–Trinajstić information content (AvgIpc) is 2.16. The molecule has 0 saturated carbocycles. The molecule has 1 N–H and O–H groups in total. The van der Waals surface area contributed by atoms with E-state index in [1.807, 2.05) is 26.0 Å². The highest BCUT2D eigenvalue weighted by Crippen LogP contribution is 2.52. The van der Waals surface area contributed by atoms with Crippen LogP contribution < -0.4 is 0 Å². The topological polar surface area (TPSA) is 54.4 Å². The minimum absolute atomic E-state index is 0.299. The van der Waals surface area contributed by atoms with Crippen LogP contribution in [0.1, 0.15) is 34.1 Å². The number of rotatable bonds is 3. The van der Waals surface area contributed by atoms with Crippen LogP contribution in [-0.4, -0.2) is 16.9 Å². The molecular formula is C14H20O3. The Morgan fingerprint density at radius 3 is 2.41 bits per heavy atom. The average molecular weight is 236 g/mol. The van der Waals surface area contributed by atoms with Crippen LogP contribution in [0.25, 0.3) is 0 Å². The van der Waals surface area contributed by atoms with Gasteiger partial charge in [-0.15, -0.1) is 0 Å². The summed E-state index contributed by atoms with van der Waals surface area (Å²) in [5.74, 6) is -1.63. The molecular weight excluding hydrogens is 216 g/mol. The highest BCUT2D eigenvalue weighted by Gasteiger charge is 2.59. The molecule has 0 aromatic rings. The quantitative estimate of drug-likeness (QED) is 0.465. The molecule has 3 heteroatoms. The zero-order chi connectivity index (χ0) is 13.3. The zero-order valence-electron chi connectivity index (χ0n) is 10.9. The number of hydrogen-bond donors (Lipinski definition) is 1. The largest absolute Gasteiger partial charge is 0.480 e. The Labute approximate surface area is 102 Å². The van der Waals surface area contributed by atoms with Crippen LogP contribution in [0.4, 0.5) is 0 Å². The lowest BCUT2D eigenvalue weighted by Crippen LogP contribution is -2.55. The van der Waals surface area contributed by atoms with E-state index >= 15 is 0 Å². The van der Waals surface area contributed by atoms with Gasteiger partial charge in [-0.1, -0.05) is 39.0 Å². The summed E-state index contributed by atoms with van der Waals surface area (Å²) in [6.45, 7) is 7.22. The van der Waals surface area contributed by atoms with Crippen molar-refractivity contribution in [2.75, 3.05) is 0 Å². The second-order valence-electron chi connectivity index (χ2n) is 5.28. The third kappa shape index (κ3) is 1.84. The minimum atomic E-state index is -1.35. The molecule has 0 amide bonds. The first-order valence-corrected chi connectivity index (χ1v) is 5.88. The number of ketones is 1. The first kappa shape index (κ1) is 13.7. The SMILES string of the molecule is C/C=C/C(=O)C1(C(=O)O)C(C)C=CCC1(C)C. The van der Waals surface area contributed by atoms with E-state index < -0.39 is 16.8 Å². The Hall–Kier alpha value is -1.38. The third-order valence-corrected chi connectivity index (χ3v) is 3.85. The van der Waals surface area contributed by atoms with Crippen molar-refractivity contribution < 1.29 is 14.7 Å². The van der Waals surface area contributed by atoms with E-state index in [1.54, 1.807) is 19.9 Å². The van der Waals surface area contributed by atoms with Crippen molar-refractivity contribution in [2.45, 2.75) is 34.1 Å². The van der Waals surface area contributed by atoms with Gasteiger partial charge in [-0.2, -0.15) is 0 Å². The van der Waals surface area contributed by atoms with Gasteiger partial charge in [0.05, 0.1) is 0 Å². The van der Waals surface area contributed by atoms with Gasteiger partial charge in [0, 0.05) is 0 Å². The summed E-state index contributed by atoms with van der Waals surface area (Å²) in [6.07, 6.45) is 7.39. The summed E-state index contributed by atoms with van der Waals surface area (Å²) in [5.41, 5.74) is -1.93. The van der Waals surface area contributed by atoms with Crippen molar-refractivity contribution in [3.63, 3.8) is 0 Å². The minimum Gasteiger partial charge on any atom is -0.480 e. The van der Waals surface area contributed by atoms with Gasteiger partial charge in [0.2, 0.25) is 0 Å². The smallest absolute Gasteiger partial charge is 0.318 e. The Kier molecular flexibility index (Phi) is 3.60. The molecule has 0 aliphatic heterocycles. The highest BCUT2D eigenvalue weighted by atomic mass is 16.4. The van der Waals surface area contributed by atoms with E-state index in [2.05, 4.69) is 0 Å². The van der Waals surface area contributed by atoms with Gasteiger partial charge < -0.3 is 5.11 Å². The number of carboxylic acids is 1. The fourth-order valence-corrected chi connectivity index (χ4v) is 2.92. The van der Waals surface area contributed by atoms with Crippen LogP contribution >= 0.6 is 0 Å². The summed E-state index contributed by atoms with van der Waals surface area (Å²) in [5, 5.41) is 9.60. The summed E-state index contributed by atoms with van der Waals surface area (Å²) >= 11 is 0. The van der Waals surface area contributed by atoms with Gasteiger partial charge in [-0.05, 0) is 30.8 Å². The molecule has 1 aliphatic rings. The van der Waals surface area contributed by atoms with Gasteiger partial charge in [0.15, 0.2) is 5.78 Å². The predicted octanol–water partition coefficient (Wildman–Crippen LogP) is 2.82. The molecule has 1 aliphatic carbocycles. The molecule has 0 bridgehead atoms. The molecule has 94 valence electrons. The molecule has 2 unspecified atom stereocenters. The van der Waals surface area contributed by atoms with Crippen LogP contribution in [0.3, 0.4) is 0 Å². The van der Waals surface area contributed by atoms with E-state index in [0.29, 0.717) is 6.42 Å². The lowest BCUT2D eigenvalue weighted by atomic mass is 9.53. The first-order valence-electron chi connectivity index (χ1n) is 5.88. The number of carboxylic acid groups (broad SMARTS) is 1. The fourth-order valence-electron chi connectivity index (χ4n) is 2.92. The molecule has 0 heterocycles. The van der Waals surface area contributed by atoms with Gasteiger partial charge in [0.25, 0.3) is 0 Å². The Bertz CT molecular complexity index is 390. The number of hydrogen-bond acceptors (Lipinski definition) is 2. The van der Waals surface area contributed by atoms with E-state index in [9.17, 15) is 14.7 Å². The summed E-state index contributed by atoms with van der Waals surface area (Å²) in [6, 6.07) is 0. The predicted molar refractivity (Wildman–Crippen MR) is 66.6 cm³/mol. The first-order chi connectivity index (χ1) is 7.80. The van der Waals surface area contributed by atoms with Gasteiger partial charge in [-0.3, -0.25) is 9.59 Å².